The van der Waals surface area contributed by atoms with Gasteiger partial charge in [0, 0.05) is 11.9 Å². The van der Waals surface area contributed by atoms with Crippen LogP contribution in [0.3, 0.4) is 0 Å². The van der Waals surface area contributed by atoms with Crippen LogP contribution in [0.15, 0.2) is 78.9 Å². The molecule has 1 N–H and O–H groups in total. The molecule has 0 atom stereocenters. The van der Waals surface area contributed by atoms with E-state index in [1.54, 1.807) is 6.92 Å². The minimum Gasteiger partial charge on any atom is -0.460 e. The molecule has 150 valence electrons. The third kappa shape index (κ3) is 4.46. The molecule has 3 aromatic carbocycles. The average Bonchev–Trinajstić information content (AvgIpc) is 2.80. The van der Waals surface area contributed by atoms with Gasteiger partial charge in [0.05, 0.1) is 12.1 Å². The first-order chi connectivity index (χ1) is 14.7. The van der Waals surface area contributed by atoms with Crippen molar-refractivity contribution in [2.45, 2.75) is 13.3 Å². The lowest BCUT2D eigenvalue weighted by Gasteiger charge is -2.11. The highest BCUT2D eigenvalue weighted by Crippen LogP contribution is 2.22. The fourth-order valence-electron chi connectivity index (χ4n) is 3.32. The fraction of sp³-hybridized carbons (Fsp3) is 0.160. The lowest BCUT2D eigenvalue weighted by molar-refractivity contribution is 0.0512. The molecule has 1 heterocycles. The molecule has 0 radical (unpaired) electrons. The van der Waals surface area contributed by atoms with Gasteiger partial charge in [-0.1, -0.05) is 66.7 Å². The molecule has 0 saturated heterocycles. The van der Waals surface area contributed by atoms with Crippen molar-refractivity contribution in [2.75, 3.05) is 18.5 Å². The molecule has 1 aromatic heterocycles. The van der Waals surface area contributed by atoms with E-state index in [0.29, 0.717) is 17.9 Å². The van der Waals surface area contributed by atoms with E-state index < -0.39 is 5.97 Å². The maximum atomic E-state index is 12.1. The SMILES string of the molecule is CCOC(=O)c1nc(NCCc2ccc(-c3ccccc3)cc2)c2ccccc2n1. The topological polar surface area (TPSA) is 64.1 Å². The molecule has 30 heavy (non-hydrogen) atoms. The van der Waals surface area contributed by atoms with Crippen LogP contribution in [0.2, 0.25) is 0 Å². The Hall–Kier alpha value is -3.73. The van der Waals surface area contributed by atoms with Crippen LogP contribution in [0.4, 0.5) is 5.82 Å². The summed E-state index contributed by atoms with van der Waals surface area (Å²) < 4.78 is 5.06. The highest BCUT2D eigenvalue weighted by molar-refractivity contribution is 5.94. The van der Waals surface area contributed by atoms with Crippen molar-refractivity contribution in [3.05, 3.63) is 90.3 Å². The number of ether oxygens (including phenoxy) is 1. The van der Waals surface area contributed by atoms with Crippen LogP contribution < -0.4 is 5.32 Å². The van der Waals surface area contributed by atoms with Gasteiger partial charge in [0.15, 0.2) is 0 Å². The zero-order valence-electron chi connectivity index (χ0n) is 16.8. The van der Waals surface area contributed by atoms with Gasteiger partial charge in [-0.25, -0.2) is 14.8 Å². The Labute approximate surface area is 175 Å². The number of carbonyl (C=O) groups excluding carboxylic acids is 1. The number of fused-ring (bicyclic) bond motifs is 1. The highest BCUT2D eigenvalue weighted by Gasteiger charge is 2.14. The average molecular weight is 397 g/mol. The molecule has 0 spiro atoms. The van der Waals surface area contributed by atoms with E-state index in [0.717, 1.165) is 11.8 Å². The van der Waals surface area contributed by atoms with Gasteiger partial charge in [-0.15, -0.1) is 0 Å². The molecular formula is C25H23N3O2. The number of benzene rings is 3. The Balaban J connectivity index is 1.47. The lowest BCUT2D eigenvalue weighted by atomic mass is 10.0. The number of nitrogens with one attached hydrogen (secondary N) is 1. The normalized spacial score (nSPS) is 10.7. The number of hydrogen-bond acceptors (Lipinski definition) is 5. The van der Waals surface area contributed by atoms with Crippen molar-refractivity contribution in [3.8, 4) is 11.1 Å². The van der Waals surface area contributed by atoms with E-state index in [4.69, 9.17) is 4.74 Å². The summed E-state index contributed by atoms with van der Waals surface area (Å²) in [5.41, 5.74) is 4.35. The number of anilines is 1. The van der Waals surface area contributed by atoms with Crippen LogP contribution in [0.1, 0.15) is 23.1 Å². The zero-order valence-corrected chi connectivity index (χ0v) is 16.8. The minimum absolute atomic E-state index is 0.0743. The van der Waals surface area contributed by atoms with Gasteiger partial charge in [0.2, 0.25) is 5.82 Å². The molecule has 0 amide bonds. The molecule has 0 bridgehead atoms. The third-order valence-corrected chi connectivity index (χ3v) is 4.83. The van der Waals surface area contributed by atoms with Crippen molar-refractivity contribution in [1.29, 1.82) is 0 Å². The lowest BCUT2D eigenvalue weighted by Crippen LogP contribution is -2.13. The smallest absolute Gasteiger partial charge is 0.376 e. The second-order valence-electron chi connectivity index (χ2n) is 6.87. The van der Waals surface area contributed by atoms with Crippen molar-refractivity contribution in [3.63, 3.8) is 0 Å². The van der Waals surface area contributed by atoms with Gasteiger partial charge in [-0.3, -0.25) is 0 Å². The van der Waals surface area contributed by atoms with Gasteiger partial charge in [0.25, 0.3) is 0 Å². The summed E-state index contributed by atoms with van der Waals surface area (Å²) in [6.07, 6.45) is 0.835. The summed E-state index contributed by atoms with van der Waals surface area (Å²) in [6, 6.07) is 26.5. The Kier molecular flexibility index (Phi) is 5.99. The van der Waals surface area contributed by atoms with Crippen molar-refractivity contribution >= 4 is 22.7 Å². The van der Waals surface area contributed by atoms with E-state index in [9.17, 15) is 4.79 Å². The molecule has 5 nitrogen and oxygen atoms in total. The standard InChI is InChI=1S/C25H23N3O2/c1-2-30-25(29)24-27-22-11-7-6-10-21(22)23(28-24)26-17-16-18-12-14-20(15-13-18)19-8-4-3-5-9-19/h3-15H,2,16-17H2,1H3,(H,26,27,28). The molecule has 0 fully saturated rings. The number of hydrogen-bond donors (Lipinski definition) is 1. The Morgan fingerprint density at radius 1 is 0.867 bits per heavy atom. The summed E-state index contributed by atoms with van der Waals surface area (Å²) in [4.78, 5) is 20.9. The van der Waals surface area contributed by atoms with E-state index in [2.05, 4.69) is 51.7 Å². The maximum absolute atomic E-state index is 12.1. The summed E-state index contributed by atoms with van der Waals surface area (Å²) in [5, 5.41) is 4.24. The predicted molar refractivity (Wildman–Crippen MR) is 120 cm³/mol. The zero-order chi connectivity index (χ0) is 20.8. The van der Waals surface area contributed by atoms with E-state index in [1.807, 2.05) is 42.5 Å². The predicted octanol–water partition coefficient (Wildman–Crippen LogP) is 5.13. The quantitative estimate of drug-likeness (QED) is 0.438. The number of carbonyl (C=O) groups is 1. The van der Waals surface area contributed by atoms with Crippen LogP contribution in [0.25, 0.3) is 22.0 Å². The number of nitrogens with zero attached hydrogens (tertiary/aromatic N) is 2. The minimum atomic E-state index is -0.511. The Bertz CT molecular complexity index is 1140. The van der Waals surface area contributed by atoms with E-state index in [1.165, 1.54) is 16.7 Å². The third-order valence-electron chi connectivity index (χ3n) is 4.83. The van der Waals surface area contributed by atoms with Gasteiger partial charge < -0.3 is 10.1 Å². The first-order valence-corrected chi connectivity index (χ1v) is 10.1. The van der Waals surface area contributed by atoms with Crippen molar-refractivity contribution in [1.82, 2.24) is 9.97 Å². The van der Waals surface area contributed by atoms with Gasteiger partial charge in [0.1, 0.15) is 5.82 Å². The number of esters is 1. The van der Waals surface area contributed by atoms with Crippen LogP contribution in [-0.4, -0.2) is 29.1 Å². The number of rotatable bonds is 7. The van der Waals surface area contributed by atoms with Crippen LogP contribution in [0.5, 0.6) is 0 Å². The molecule has 4 aromatic rings. The molecule has 4 rings (SSSR count). The van der Waals surface area contributed by atoms with E-state index >= 15 is 0 Å². The summed E-state index contributed by atoms with van der Waals surface area (Å²) in [7, 11) is 0. The number of aromatic nitrogens is 2. The molecule has 0 unspecified atom stereocenters. The first kappa shape index (κ1) is 19.6. The monoisotopic (exact) mass is 397 g/mol. The van der Waals surface area contributed by atoms with Gasteiger partial charge >= 0.3 is 5.97 Å². The van der Waals surface area contributed by atoms with Crippen LogP contribution in [-0.2, 0) is 11.2 Å². The molecule has 5 heteroatoms. The first-order valence-electron chi connectivity index (χ1n) is 10.1. The molecule has 0 saturated carbocycles. The van der Waals surface area contributed by atoms with Crippen LogP contribution in [0, 0.1) is 0 Å². The van der Waals surface area contributed by atoms with Crippen LogP contribution >= 0.6 is 0 Å². The highest BCUT2D eigenvalue weighted by atomic mass is 16.5. The van der Waals surface area contributed by atoms with Gasteiger partial charge in [-0.05, 0) is 42.2 Å². The summed E-state index contributed by atoms with van der Waals surface area (Å²) in [6.45, 7) is 2.74. The molecular weight excluding hydrogens is 374 g/mol. The second kappa shape index (κ2) is 9.18. The Morgan fingerprint density at radius 2 is 1.57 bits per heavy atom. The molecule has 0 aliphatic rings. The molecule has 0 aliphatic heterocycles. The van der Waals surface area contributed by atoms with Gasteiger partial charge in [-0.2, -0.15) is 0 Å². The van der Waals surface area contributed by atoms with Crippen molar-refractivity contribution in [2.24, 2.45) is 0 Å². The summed E-state index contributed by atoms with van der Waals surface area (Å²) in [5.74, 6) is 0.206. The second-order valence-corrected chi connectivity index (χ2v) is 6.87. The van der Waals surface area contributed by atoms with E-state index in [-0.39, 0.29) is 12.4 Å². The molecule has 0 aliphatic carbocycles. The Morgan fingerprint density at radius 3 is 2.33 bits per heavy atom. The van der Waals surface area contributed by atoms with Crippen molar-refractivity contribution < 1.29 is 9.53 Å². The number of para-hydroxylation sites is 1. The maximum Gasteiger partial charge on any atom is 0.376 e. The summed E-state index contributed by atoms with van der Waals surface area (Å²) >= 11 is 0. The fourth-order valence-corrected chi connectivity index (χ4v) is 3.32. The largest absolute Gasteiger partial charge is 0.460 e.